The number of benzene rings is 2. The Morgan fingerprint density at radius 2 is 1.85 bits per heavy atom. The third-order valence-electron chi connectivity index (χ3n) is 4.57. The first-order chi connectivity index (χ1) is 13.0. The van der Waals surface area contributed by atoms with Crippen LogP contribution >= 0.6 is 23.2 Å². The molecular weight excluding hydrogens is 385 g/mol. The van der Waals surface area contributed by atoms with Gasteiger partial charge in [-0.1, -0.05) is 23.2 Å². The second-order valence-corrected chi connectivity index (χ2v) is 7.11. The first-order valence-corrected chi connectivity index (χ1v) is 9.04. The molecule has 0 spiro atoms. The molecule has 5 nitrogen and oxygen atoms in total. The quantitative estimate of drug-likeness (QED) is 0.691. The van der Waals surface area contributed by atoms with Gasteiger partial charge in [-0.25, -0.2) is 0 Å². The maximum Gasteiger partial charge on any atom is 0.251 e. The Balaban J connectivity index is 1.84. The second-order valence-electron chi connectivity index (χ2n) is 6.23. The molecule has 0 bridgehead atoms. The standard InChI is InChI=1S/C20H15Cl2N3O2/c1-23-19(26)11-4-5-16-15(7-11)18(20(27)24-16)17-3-2-6-25(17)14-9-12(21)8-13(22)10-14/h2-10,18H,1H3,(H,23,26)(H,24,27). The van der Waals surface area contributed by atoms with Crippen molar-refractivity contribution < 1.29 is 9.59 Å². The molecule has 1 aliphatic rings. The molecule has 3 aromatic rings. The van der Waals surface area contributed by atoms with E-state index in [2.05, 4.69) is 10.6 Å². The molecule has 1 aliphatic heterocycles. The van der Waals surface area contributed by atoms with Crippen LogP contribution in [-0.4, -0.2) is 23.4 Å². The van der Waals surface area contributed by atoms with Crippen molar-refractivity contribution in [1.82, 2.24) is 9.88 Å². The summed E-state index contributed by atoms with van der Waals surface area (Å²) in [4.78, 5) is 24.7. The average molecular weight is 400 g/mol. The highest BCUT2D eigenvalue weighted by molar-refractivity contribution is 6.34. The van der Waals surface area contributed by atoms with E-state index in [1.54, 1.807) is 43.4 Å². The van der Waals surface area contributed by atoms with Gasteiger partial charge in [-0.3, -0.25) is 9.59 Å². The predicted molar refractivity (Wildman–Crippen MR) is 106 cm³/mol. The minimum Gasteiger partial charge on any atom is -0.355 e. The fourth-order valence-electron chi connectivity index (χ4n) is 3.38. The molecule has 0 aliphatic carbocycles. The van der Waals surface area contributed by atoms with Crippen molar-refractivity contribution in [3.8, 4) is 5.69 Å². The van der Waals surface area contributed by atoms with E-state index in [9.17, 15) is 9.59 Å². The lowest BCUT2D eigenvalue weighted by Crippen LogP contribution is -2.18. The number of fused-ring (bicyclic) bond motifs is 1. The van der Waals surface area contributed by atoms with Crippen molar-refractivity contribution in [2.45, 2.75) is 5.92 Å². The highest BCUT2D eigenvalue weighted by atomic mass is 35.5. The third kappa shape index (κ3) is 3.09. The van der Waals surface area contributed by atoms with Crippen LogP contribution in [0.1, 0.15) is 27.5 Å². The molecule has 2 aromatic carbocycles. The molecule has 136 valence electrons. The van der Waals surface area contributed by atoms with Crippen LogP contribution in [0.4, 0.5) is 5.69 Å². The van der Waals surface area contributed by atoms with Gasteiger partial charge in [0.2, 0.25) is 5.91 Å². The number of nitrogens with zero attached hydrogens (tertiary/aromatic N) is 1. The van der Waals surface area contributed by atoms with Gasteiger partial charge in [0.05, 0.1) is 0 Å². The van der Waals surface area contributed by atoms with E-state index in [-0.39, 0.29) is 11.8 Å². The highest BCUT2D eigenvalue weighted by Gasteiger charge is 2.34. The minimum absolute atomic E-state index is 0.146. The Morgan fingerprint density at radius 3 is 2.56 bits per heavy atom. The molecule has 2 N–H and O–H groups in total. The normalized spacial score (nSPS) is 15.4. The van der Waals surface area contributed by atoms with E-state index in [4.69, 9.17) is 23.2 Å². The minimum atomic E-state index is -0.544. The van der Waals surface area contributed by atoms with E-state index < -0.39 is 5.92 Å². The molecule has 7 heteroatoms. The summed E-state index contributed by atoms with van der Waals surface area (Å²) in [7, 11) is 1.57. The first-order valence-electron chi connectivity index (χ1n) is 8.28. The molecule has 1 aromatic heterocycles. The number of hydrogen-bond donors (Lipinski definition) is 2. The lowest BCUT2D eigenvalue weighted by Gasteiger charge is -2.15. The number of carbonyl (C=O) groups is 2. The topological polar surface area (TPSA) is 63.1 Å². The largest absolute Gasteiger partial charge is 0.355 e. The summed E-state index contributed by atoms with van der Waals surface area (Å²) >= 11 is 12.3. The summed E-state index contributed by atoms with van der Waals surface area (Å²) in [6.45, 7) is 0. The maximum absolute atomic E-state index is 12.7. The molecule has 2 heterocycles. The van der Waals surface area contributed by atoms with Crippen LogP contribution in [0.3, 0.4) is 0 Å². The number of anilines is 1. The average Bonchev–Trinajstić information content (AvgIpc) is 3.22. The van der Waals surface area contributed by atoms with Crippen LogP contribution in [0.2, 0.25) is 10.0 Å². The maximum atomic E-state index is 12.7. The first kappa shape index (κ1) is 17.6. The summed E-state index contributed by atoms with van der Waals surface area (Å²) in [5.41, 5.74) is 3.49. The van der Waals surface area contributed by atoms with Crippen molar-refractivity contribution in [3.05, 3.63) is 81.6 Å². The number of rotatable bonds is 3. The summed E-state index contributed by atoms with van der Waals surface area (Å²) < 4.78 is 1.88. The van der Waals surface area contributed by atoms with Gasteiger partial charge in [-0.15, -0.1) is 0 Å². The fourth-order valence-corrected chi connectivity index (χ4v) is 3.90. The third-order valence-corrected chi connectivity index (χ3v) is 5.01. The van der Waals surface area contributed by atoms with Crippen LogP contribution in [0.15, 0.2) is 54.7 Å². The Kier molecular flexibility index (Phi) is 4.42. The molecule has 4 rings (SSSR count). The number of aromatic nitrogens is 1. The number of nitrogens with one attached hydrogen (secondary N) is 2. The summed E-state index contributed by atoms with van der Waals surface area (Å²) in [6, 6.07) is 14.1. The molecule has 1 atom stereocenters. The Labute approximate surface area is 165 Å². The predicted octanol–water partition coefficient (Wildman–Crippen LogP) is 4.23. The highest BCUT2D eigenvalue weighted by Crippen LogP contribution is 2.39. The number of amides is 2. The SMILES string of the molecule is CNC(=O)c1ccc2c(c1)C(c1cccn1-c1cc(Cl)cc(Cl)c1)C(=O)N2. The second kappa shape index (κ2) is 6.76. The van der Waals surface area contributed by atoms with Gasteiger partial charge in [0.15, 0.2) is 0 Å². The van der Waals surface area contributed by atoms with Gasteiger partial charge >= 0.3 is 0 Å². The molecule has 27 heavy (non-hydrogen) atoms. The van der Waals surface area contributed by atoms with Gasteiger partial charge in [-0.2, -0.15) is 0 Å². The Bertz CT molecular complexity index is 1050. The summed E-state index contributed by atoms with van der Waals surface area (Å²) in [5, 5.41) is 6.51. The van der Waals surface area contributed by atoms with E-state index in [1.165, 1.54) is 0 Å². The smallest absolute Gasteiger partial charge is 0.251 e. The summed E-state index contributed by atoms with van der Waals surface area (Å²) in [5.74, 6) is -0.891. The van der Waals surface area contributed by atoms with E-state index >= 15 is 0 Å². The van der Waals surface area contributed by atoms with Crippen molar-refractivity contribution in [2.75, 3.05) is 12.4 Å². The molecule has 1 unspecified atom stereocenters. The van der Waals surface area contributed by atoms with Crippen molar-refractivity contribution in [1.29, 1.82) is 0 Å². The van der Waals surface area contributed by atoms with E-state index in [0.717, 1.165) is 16.9 Å². The van der Waals surface area contributed by atoms with Gasteiger partial charge in [0.25, 0.3) is 5.91 Å². The molecule has 0 saturated carbocycles. The lowest BCUT2D eigenvalue weighted by atomic mass is 9.95. The van der Waals surface area contributed by atoms with Crippen LogP contribution in [0.25, 0.3) is 5.69 Å². The fraction of sp³-hybridized carbons (Fsp3) is 0.100. The van der Waals surface area contributed by atoms with Gasteiger partial charge in [0, 0.05) is 45.9 Å². The van der Waals surface area contributed by atoms with Gasteiger partial charge in [0.1, 0.15) is 5.92 Å². The van der Waals surface area contributed by atoms with Crippen molar-refractivity contribution in [2.24, 2.45) is 0 Å². The Morgan fingerprint density at radius 1 is 1.11 bits per heavy atom. The van der Waals surface area contributed by atoms with Crippen LogP contribution in [0, 0.1) is 0 Å². The van der Waals surface area contributed by atoms with Crippen LogP contribution in [0.5, 0.6) is 0 Å². The number of halogens is 2. The monoisotopic (exact) mass is 399 g/mol. The van der Waals surface area contributed by atoms with Crippen LogP contribution < -0.4 is 10.6 Å². The molecule has 2 amide bonds. The van der Waals surface area contributed by atoms with E-state index in [0.29, 0.717) is 21.3 Å². The molecule has 0 radical (unpaired) electrons. The Hall–Kier alpha value is -2.76. The zero-order chi connectivity index (χ0) is 19.1. The molecule has 0 fully saturated rings. The zero-order valence-corrected chi connectivity index (χ0v) is 15.8. The molecule has 0 saturated heterocycles. The van der Waals surface area contributed by atoms with Crippen molar-refractivity contribution in [3.63, 3.8) is 0 Å². The van der Waals surface area contributed by atoms with Crippen molar-refractivity contribution >= 4 is 40.7 Å². The lowest BCUT2D eigenvalue weighted by molar-refractivity contribution is -0.116. The van der Waals surface area contributed by atoms with Gasteiger partial charge < -0.3 is 15.2 Å². The van der Waals surface area contributed by atoms with E-state index in [1.807, 2.05) is 22.9 Å². The van der Waals surface area contributed by atoms with Crippen LogP contribution in [-0.2, 0) is 4.79 Å². The molecular formula is C20H15Cl2N3O2. The summed E-state index contributed by atoms with van der Waals surface area (Å²) in [6.07, 6.45) is 1.85. The number of hydrogen-bond acceptors (Lipinski definition) is 2. The zero-order valence-electron chi connectivity index (χ0n) is 14.3. The van der Waals surface area contributed by atoms with Gasteiger partial charge in [-0.05, 0) is 54.1 Å². The number of carbonyl (C=O) groups excluding carboxylic acids is 2.